The van der Waals surface area contributed by atoms with Gasteiger partial charge >= 0.3 is 5.97 Å². The van der Waals surface area contributed by atoms with Crippen LogP contribution in [0, 0.1) is 0 Å². The largest absolute Gasteiger partial charge is 0.478 e. The first-order valence-electron chi connectivity index (χ1n) is 7.09. The number of hydrogen-bond acceptors (Lipinski definition) is 3. The molecule has 1 fully saturated rings. The molecule has 4 nitrogen and oxygen atoms in total. The van der Waals surface area contributed by atoms with Gasteiger partial charge in [-0.15, -0.1) is 0 Å². The van der Waals surface area contributed by atoms with Crippen LogP contribution in [-0.2, 0) is 4.79 Å². The second kappa shape index (κ2) is 6.96. The van der Waals surface area contributed by atoms with Crippen LogP contribution in [0.3, 0.4) is 0 Å². The zero-order valence-electron chi connectivity index (χ0n) is 12.4. The molecule has 1 saturated heterocycles. The Hall–Kier alpha value is -1.52. The number of carboxylic acid groups (broad SMARTS) is 1. The Kier molecular flexibility index (Phi) is 5.26. The van der Waals surface area contributed by atoms with E-state index in [2.05, 4.69) is 23.9 Å². The number of likely N-dealkylation sites (N-methyl/N-ethyl adjacent to an activating group) is 1. The van der Waals surface area contributed by atoms with Crippen molar-refractivity contribution < 1.29 is 9.90 Å². The summed E-state index contributed by atoms with van der Waals surface area (Å²) >= 11 is 6.04. The SMILES string of the molecule is CN(C)C1CCCN(c2ccc(Cl)cc2/C=C/C(=O)O)C1. The second-order valence-corrected chi connectivity index (χ2v) is 6.02. The fourth-order valence-corrected chi connectivity index (χ4v) is 2.88. The van der Waals surface area contributed by atoms with Gasteiger partial charge in [0.25, 0.3) is 0 Å². The van der Waals surface area contributed by atoms with Crippen molar-refractivity contribution >= 4 is 29.3 Å². The fourth-order valence-electron chi connectivity index (χ4n) is 2.70. The highest BCUT2D eigenvalue weighted by atomic mass is 35.5. The number of nitrogens with zero attached hydrogens (tertiary/aromatic N) is 2. The Morgan fingerprint density at radius 3 is 2.90 bits per heavy atom. The standard InChI is InChI=1S/C16H21ClN2O2/c1-18(2)14-4-3-9-19(11-14)15-7-6-13(17)10-12(15)5-8-16(20)21/h5-8,10,14H,3-4,9,11H2,1-2H3,(H,20,21)/b8-5+. The summed E-state index contributed by atoms with van der Waals surface area (Å²) in [6, 6.07) is 6.16. The van der Waals surface area contributed by atoms with Crippen LogP contribution in [0.2, 0.25) is 5.02 Å². The highest BCUT2D eigenvalue weighted by molar-refractivity contribution is 6.30. The van der Waals surface area contributed by atoms with Gasteiger partial charge in [-0.05, 0) is 56.8 Å². The number of rotatable bonds is 4. The fraction of sp³-hybridized carbons (Fsp3) is 0.438. The first kappa shape index (κ1) is 15.9. The molecule has 1 atom stereocenters. The normalized spacial score (nSPS) is 19.4. The number of anilines is 1. The summed E-state index contributed by atoms with van der Waals surface area (Å²) in [5, 5.41) is 9.44. The van der Waals surface area contributed by atoms with Crippen molar-refractivity contribution in [2.75, 3.05) is 32.1 Å². The van der Waals surface area contributed by atoms with Crippen molar-refractivity contribution in [1.29, 1.82) is 0 Å². The quantitative estimate of drug-likeness (QED) is 0.869. The molecular weight excluding hydrogens is 288 g/mol. The van der Waals surface area contributed by atoms with Crippen molar-refractivity contribution in [2.24, 2.45) is 0 Å². The van der Waals surface area contributed by atoms with E-state index in [4.69, 9.17) is 16.7 Å². The molecule has 2 rings (SSSR count). The van der Waals surface area contributed by atoms with Crippen molar-refractivity contribution in [3.05, 3.63) is 34.9 Å². The summed E-state index contributed by atoms with van der Waals surface area (Å²) in [5.41, 5.74) is 1.90. The number of hydrogen-bond donors (Lipinski definition) is 1. The van der Waals surface area contributed by atoms with Gasteiger partial charge in [0, 0.05) is 35.9 Å². The van der Waals surface area contributed by atoms with E-state index in [0.29, 0.717) is 11.1 Å². The summed E-state index contributed by atoms with van der Waals surface area (Å²) in [4.78, 5) is 15.3. The molecule has 1 unspecified atom stereocenters. The van der Waals surface area contributed by atoms with Gasteiger partial charge in [0.05, 0.1) is 0 Å². The summed E-state index contributed by atoms with van der Waals surface area (Å²) in [7, 11) is 4.20. The summed E-state index contributed by atoms with van der Waals surface area (Å²) in [6.45, 7) is 1.93. The third kappa shape index (κ3) is 4.22. The second-order valence-electron chi connectivity index (χ2n) is 5.58. The van der Waals surface area contributed by atoms with Crippen molar-refractivity contribution in [1.82, 2.24) is 4.90 Å². The van der Waals surface area contributed by atoms with Crippen molar-refractivity contribution in [3.63, 3.8) is 0 Å². The monoisotopic (exact) mass is 308 g/mol. The van der Waals surface area contributed by atoms with Crippen LogP contribution in [0.5, 0.6) is 0 Å². The molecule has 1 aromatic rings. The van der Waals surface area contributed by atoms with Crippen LogP contribution < -0.4 is 4.90 Å². The minimum Gasteiger partial charge on any atom is -0.478 e. The van der Waals surface area contributed by atoms with Crippen LogP contribution in [0.25, 0.3) is 6.08 Å². The first-order valence-corrected chi connectivity index (χ1v) is 7.47. The Morgan fingerprint density at radius 1 is 1.48 bits per heavy atom. The molecule has 0 spiro atoms. The van der Waals surface area contributed by atoms with Crippen LogP contribution >= 0.6 is 11.6 Å². The van der Waals surface area contributed by atoms with Gasteiger partial charge in [0.1, 0.15) is 0 Å². The molecule has 0 aromatic heterocycles. The van der Waals surface area contributed by atoms with Gasteiger partial charge in [0.15, 0.2) is 0 Å². The van der Waals surface area contributed by atoms with E-state index in [1.807, 2.05) is 18.2 Å². The van der Waals surface area contributed by atoms with Crippen molar-refractivity contribution in [3.8, 4) is 0 Å². The van der Waals surface area contributed by atoms with E-state index >= 15 is 0 Å². The van der Waals surface area contributed by atoms with Crippen LogP contribution in [0.4, 0.5) is 5.69 Å². The van der Waals surface area contributed by atoms with E-state index in [1.54, 1.807) is 6.08 Å². The van der Waals surface area contributed by atoms with E-state index in [-0.39, 0.29) is 0 Å². The Morgan fingerprint density at radius 2 is 2.24 bits per heavy atom. The molecular formula is C16H21ClN2O2. The highest BCUT2D eigenvalue weighted by Gasteiger charge is 2.22. The minimum atomic E-state index is -0.953. The summed E-state index contributed by atoms with van der Waals surface area (Å²) in [6.07, 6.45) is 5.09. The van der Waals surface area contributed by atoms with Gasteiger partial charge in [-0.25, -0.2) is 4.79 Å². The average Bonchev–Trinajstić information content (AvgIpc) is 2.45. The van der Waals surface area contributed by atoms with Gasteiger partial charge in [-0.2, -0.15) is 0 Å². The van der Waals surface area contributed by atoms with Crippen LogP contribution in [-0.4, -0.2) is 49.2 Å². The maximum absolute atomic E-state index is 10.7. The lowest BCUT2D eigenvalue weighted by atomic mass is 10.0. The summed E-state index contributed by atoms with van der Waals surface area (Å²) in [5.74, 6) is -0.953. The molecule has 0 amide bonds. The molecule has 1 N–H and O–H groups in total. The molecule has 21 heavy (non-hydrogen) atoms. The average molecular weight is 309 g/mol. The molecule has 0 aliphatic carbocycles. The zero-order valence-corrected chi connectivity index (χ0v) is 13.2. The molecule has 5 heteroatoms. The van der Waals surface area contributed by atoms with E-state index in [9.17, 15) is 4.79 Å². The van der Waals surface area contributed by atoms with Crippen LogP contribution in [0.1, 0.15) is 18.4 Å². The Balaban J connectivity index is 2.27. The smallest absolute Gasteiger partial charge is 0.328 e. The van der Waals surface area contributed by atoms with E-state index in [1.165, 1.54) is 6.42 Å². The number of aliphatic carboxylic acids is 1. The molecule has 0 bridgehead atoms. The van der Waals surface area contributed by atoms with Crippen molar-refractivity contribution in [2.45, 2.75) is 18.9 Å². The topological polar surface area (TPSA) is 43.8 Å². The highest BCUT2D eigenvalue weighted by Crippen LogP contribution is 2.28. The lowest BCUT2D eigenvalue weighted by Gasteiger charge is -2.38. The molecule has 0 radical (unpaired) electrons. The van der Waals surface area contributed by atoms with E-state index in [0.717, 1.165) is 36.8 Å². The first-order chi connectivity index (χ1) is 9.97. The number of benzene rings is 1. The maximum atomic E-state index is 10.7. The van der Waals surface area contributed by atoms with Crippen LogP contribution in [0.15, 0.2) is 24.3 Å². The number of piperidine rings is 1. The third-order valence-electron chi connectivity index (χ3n) is 3.86. The van der Waals surface area contributed by atoms with Gasteiger partial charge in [-0.1, -0.05) is 11.6 Å². The molecule has 114 valence electrons. The molecule has 0 saturated carbocycles. The number of carboxylic acids is 1. The van der Waals surface area contributed by atoms with Gasteiger partial charge < -0.3 is 14.9 Å². The van der Waals surface area contributed by atoms with Gasteiger partial charge in [-0.3, -0.25) is 0 Å². The molecule has 1 heterocycles. The van der Waals surface area contributed by atoms with Gasteiger partial charge in [0.2, 0.25) is 0 Å². The third-order valence-corrected chi connectivity index (χ3v) is 4.10. The zero-order chi connectivity index (χ0) is 15.4. The Bertz CT molecular complexity index is 543. The lowest BCUT2D eigenvalue weighted by Crippen LogP contribution is -2.45. The number of halogens is 1. The minimum absolute atomic E-state index is 0.519. The lowest BCUT2D eigenvalue weighted by molar-refractivity contribution is -0.131. The molecule has 1 aromatic carbocycles. The van der Waals surface area contributed by atoms with E-state index < -0.39 is 5.97 Å². The summed E-state index contributed by atoms with van der Waals surface area (Å²) < 4.78 is 0. The molecule has 1 aliphatic rings. The number of carbonyl (C=O) groups is 1. The molecule has 1 aliphatic heterocycles. The Labute approximate surface area is 130 Å². The predicted octanol–water partition coefficient (Wildman–Crippen LogP) is 2.97. The maximum Gasteiger partial charge on any atom is 0.328 e. The predicted molar refractivity (Wildman–Crippen MR) is 87.0 cm³/mol.